The minimum atomic E-state index is -4.76. The molecule has 0 heterocycles. The van der Waals surface area contributed by atoms with Crippen molar-refractivity contribution < 1.29 is 26.3 Å². The molecule has 19 heavy (non-hydrogen) atoms. The zero-order valence-corrected chi connectivity index (χ0v) is 11.5. The summed E-state index contributed by atoms with van der Waals surface area (Å²) in [5.41, 5.74) is -2.64. The molecule has 1 rings (SSSR count). The Balaban J connectivity index is 0. The van der Waals surface area contributed by atoms with Gasteiger partial charge >= 0.3 is 12.4 Å². The van der Waals surface area contributed by atoms with Gasteiger partial charge in [0.15, 0.2) is 0 Å². The van der Waals surface area contributed by atoms with Crippen molar-refractivity contribution in [2.75, 3.05) is 0 Å². The lowest BCUT2D eigenvalue weighted by Crippen LogP contribution is -2.11. The van der Waals surface area contributed by atoms with E-state index in [9.17, 15) is 26.3 Å². The van der Waals surface area contributed by atoms with E-state index in [4.69, 9.17) is 0 Å². The van der Waals surface area contributed by atoms with E-state index >= 15 is 0 Å². The van der Waals surface area contributed by atoms with Crippen LogP contribution in [0.5, 0.6) is 0 Å². The van der Waals surface area contributed by atoms with Gasteiger partial charge in [-0.1, -0.05) is 27.7 Å². The third-order valence-corrected chi connectivity index (χ3v) is 1.73. The summed E-state index contributed by atoms with van der Waals surface area (Å²) >= 11 is 0. The number of rotatable bonds is 0. The molecule has 0 saturated heterocycles. The molecule has 0 aliphatic carbocycles. The van der Waals surface area contributed by atoms with E-state index in [2.05, 4.69) is 0 Å². The molecule has 0 unspecified atom stereocenters. The Kier molecular flexibility index (Phi) is 8.55. The van der Waals surface area contributed by atoms with Crippen molar-refractivity contribution in [1.82, 2.24) is 0 Å². The van der Waals surface area contributed by atoms with Gasteiger partial charge in [0.1, 0.15) is 0 Å². The molecule has 0 bridgehead atoms. The van der Waals surface area contributed by atoms with Gasteiger partial charge < -0.3 is 0 Å². The van der Waals surface area contributed by atoms with Crippen LogP contribution in [-0.4, -0.2) is 0 Å². The van der Waals surface area contributed by atoms with Crippen LogP contribution < -0.4 is 0 Å². The lowest BCUT2D eigenvalue weighted by atomic mass is 10.1. The maximum atomic E-state index is 12.2. The molecule has 0 radical (unpaired) electrons. The highest BCUT2D eigenvalue weighted by atomic mass is 19.4. The summed E-state index contributed by atoms with van der Waals surface area (Å²) in [5.74, 6) is 0. The van der Waals surface area contributed by atoms with E-state index in [0.717, 1.165) is 0 Å². The third kappa shape index (κ3) is 7.08. The van der Waals surface area contributed by atoms with E-state index in [1.807, 2.05) is 27.7 Å². The Hall–Kier alpha value is -1.20. The monoisotopic (exact) mass is 288 g/mol. The number of aryl methyl sites for hydroxylation is 1. The van der Waals surface area contributed by atoms with Crippen LogP contribution >= 0.6 is 0 Å². The molecule has 0 spiro atoms. The van der Waals surface area contributed by atoms with Crippen molar-refractivity contribution in [2.45, 2.75) is 47.0 Å². The molecule has 1 aromatic rings. The quantitative estimate of drug-likeness (QED) is 0.507. The maximum Gasteiger partial charge on any atom is 0.416 e. The molecule has 0 N–H and O–H groups in total. The first-order valence-corrected chi connectivity index (χ1v) is 5.87. The first kappa shape index (κ1) is 20.1. The fourth-order valence-electron chi connectivity index (χ4n) is 1.11. The second-order valence-electron chi connectivity index (χ2n) is 3.08. The van der Waals surface area contributed by atoms with Crippen LogP contribution in [0.25, 0.3) is 0 Å². The third-order valence-electron chi connectivity index (χ3n) is 1.73. The Morgan fingerprint density at radius 1 is 0.632 bits per heavy atom. The van der Waals surface area contributed by atoms with Crippen molar-refractivity contribution in [3.8, 4) is 0 Å². The lowest BCUT2D eigenvalue weighted by molar-refractivity contribution is -0.143. The van der Waals surface area contributed by atoms with Crippen LogP contribution in [0.3, 0.4) is 0 Å². The second kappa shape index (κ2) is 8.07. The summed E-state index contributed by atoms with van der Waals surface area (Å²) < 4.78 is 73.0. The number of hydrogen-bond donors (Lipinski definition) is 0. The predicted octanol–water partition coefficient (Wildman–Crippen LogP) is 6.09. The Morgan fingerprint density at radius 2 is 0.895 bits per heavy atom. The van der Waals surface area contributed by atoms with Gasteiger partial charge in [-0.25, -0.2) is 0 Å². The molecular weight excluding hydrogens is 270 g/mol. The number of benzene rings is 1. The van der Waals surface area contributed by atoms with Crippen molar-refractivity contribution in [2.24, 2.45) is 0 Å². The van der Waals surface area contributed by atoms with Crippen molar-refractivity contribution in [3.63, 3.8) is 0 Å². The number of hydrogen-bond acceptors (Lipinski definition) is 0. The minimum Gasteiger partial charge on any atom is -0.166 e. The molecule has 0 nitrogen and oxygen atoms in total. The molecule has 0 aliphatic rings. The van der Waals surface area contributed by atoms with Crippen LogP contribution in [0.1, 0.15) is 44.4 Å². The largest absolute Gasteiger partial charge is 0.416 e. The topological polar surface area (TPSA) is 0 Å². The van der Waals surface area contributed by atoms with Gasteiger partial charge in [0, 0.05) is 0 Å². The maximum absolute atomic E-state index is 12.2. The minimum absolute atomic E-state index is 0.0721. The molecule has 0 saturated carbocycles. The zero-order chi connectivity index (χ0) is 15.9. The summed E-state index contributed by atoms with van der Waals surface area (Å²) in [6.45, 7) is 9.18. The SMILES string of the molecule is CC.CC.Cc1cc(C(F)(F)F)cc(C(F)(F)F)c1. The Bertz CT molecular complexity index is 330. The molecular formula is C13H18F6. The molecule has 6 heteroatoms. The average molecular weight is 288 g/mol. The highest BCUT2D eigenvalue weighted by Crippen LogP contribution is 2.35. The van der Waals surface area contributed by atoms with Gasteiger partial charge in [-0.05, 0) is 30.7 Å². The van der Waals surface area contributed by atoms with Crippen molar-refractivity contribution >= 4 is 0 Å². The molecule has 0 amide bonds. The zero-order valence-electron chi connectivity index (χ0n) is 11.5. The average Bonchev–Trinajstić information content (AvgIpc) is 2.31. The number of halogens is 6. The molecule has 0 fully saturated rings. The van der Waals surface area contributed by atoms with Gasteiger partial charge in [0.05, 0.1) is 11.1 Å². The van der Waals surface area contributed by atoms with Gasteiger partial charge in [0.2, 0.25) is 0 Å². The van der Waals surface area contributed by atoms with Crippen LogP contribution in [0, 0.1) is 6.92 Å². The Labute approximate surface area is 109 Å². The van der Waals surface area contributed by atoms with Crippen LogP contribution in [0.2, 0.25) is 0 Å². The fourth-order valence-corrected chi connectivity index (χ4v) is 1.11. The van der Waals surface area contributed by atoms with Gasteiger partial charge in [-0.15, -0.1) is 0 Å². The molecule has 0 atom stereocenters. The van der Waals surface area contributed by atoms with E-state index in [1.165, 1.54) is 6.92 Å². The normalized spacial score (nSPS) is 10.9. The summed E-state index contributed by atoms with van der Waals surface area (Å²) in [6.07, 6.45) is -9.52. The predicted molar refractivity (Wildman–Crippen MR) is 63.9 cm³/mol. The van der Waals surface area contributed by atoms with E-state index in [-0.39, 0.29) is 11.6 Å². The molecule has 0 aromatic heterocycles. The van der Waals surface area contributed by atoms with Crippen molar-refractivity contribution in [3.05, 3.63) is 34.9 Å². The van der Waals surface area contributed by atoms with Gasteiger partial charge in [-0.3, -0.25) is 0 Å². The van der Waals surface area contributed by atoms with E-state index < -0.39 is 23.5 Å². The summed E-state index contributed by atoms with van der Waals surface area (Å²) in [7, 11) is 0. The first-order valence-electron chi connectivity index (χ1n) is 5.87. The van der Waals surface area contributed by atoms with E-state index in [1.54, 1.807) is 0 Å². The molecule has 1 aromatic carbocycles. The Morgan fingerprint density at radius 3 is 1.11 bits per heavy atom. The summed E-state index contributed by atoms with van der Waals surface area (Å²) in [5, 5.41) is 0. The second-order valence-corrected chi connectivity index (χ2v) is 3.08. The first-order chi connectivity index (χ1) is 8.60. The highest BCUT2D eigenvalue weighted by Gasteiger charge is 2.36. The van der Waals surface area contributed by atoms with Crippen LogP contribution in [0.15, 0.2) is 18.2 Å². The lowest BCUT2D eigenvalue weighted by Gasteiger charge is -2.12. The van der Waals surface area contributed by atoms with Crippen LogP contribution in [0.4, 0.5) is 26.3 Å². The van der Waals surface area contributed by atoms with Gasteiger partial charge in [0.25, 0.3) is 0 Å². The fraction of sp³-hybridized carbons (Fsp3) is 0.538. The van der Waals surface area contributed by atoms with Gasteiger partial charge in [-0.2, -0.15) is 26.3 Å². The molecule has 0 aliphatic heterocycles. The highest BCUT2D eigenvalue weighted by molar-refractivity contribution is 5.32. The smallest absolute Gasteiger partial charge is 0.166 e. The van der Waals surface area contributed by atoms with Crippen molar-refractivity contribution in [1.29, 1.82) is 0 Å². The van der Waals surface area contributed by atoms with Crippen LogP contribution in [-0.2, 0) is 12.4 Å². The van der Waals surface area contributed by atoms with E-state index in [0.29, 0.717) is 12.1 Å². The number of alkyl halides is 6. The summed E-state index contributed by atoms with van der Waals surface area (Å²) in [6, 6.07) is 1.46. The molecule has 112 valence electrons. The summed E-state index contributed by atoms with van der Waals surface area (Å²) in [4.78, 5) is 0. The standard InChI is InChI=1S/C9H6F6.2C2H6/c1-5-2-6(8(10,11)12)4-7(3-5)9(13,14)15;2*1-2/h2-4H,1H3;2*1-2H3.